The maximum Gasteiger partial charge on any atom is 0.289 e. The van der Waals surface area contributed by atoms with Crippen molar-refractivity contribution in [2.75, 3.05) is 13.1 Å². The third kappa shape index (κ3) is 2.40. The molecule has 5 heteroatoms. The van der Waals surface area contributed by atoms with Crippen LogP contribution in [0.5, 0.6) is 0 Å². The zero-order valence-corrected chi connectivity index (χ0v) is 11.3. The number of rotatable bonds is 1. The molecule has 2 aliphatic heterocycles. The zero-order chi connectivity index (χ0) is 11.8. The number of furan rings is 1. The topological polar surface area (TPSA) is 45.5 Å². The first-order chi connectivity index (χ1) is 8.24. The van der Waals surface area contributed by atoms with Gasteiger partial charge in [-0.15, -0.1) is 12.4 Å². The van der Waals surface area contributed by atoms with Gasteiger partial charge in [0, 0.05) is 30.7 Å². The highest BCUT2D eigenvalue weighted by molar-refractivity contribution is 5.92. The second-order valence-electron chi connectivity index (χ2n) is 5.11. The van der Waals surface area contributed by atoms with Crippen LogP contribution in [0.15, 0.2) is 16.7 Å². The highest BCUT2D eigenvalue weighted by Gasteiger charge is 2.32. The van der Waals surface area contributed by atoms with Crippen molar-refractivity contribution in [2.45, 2.75) is 38.3 Å². The minimum Gasteiger partial charge on any atom is -0.459 e. The standard InChI is InChI=1S/C13H18N2O2.ClH/c1-9-5-7-17-12(9)13(16)15-6-4-10-2-3-11(8-15)14-10;/h5,7,10-11,14H,2-4,6,8H2,1H3;1H. The lowest BCUT2D eigenvalue weighted by Crippen LogP contribution is -2.39. The first kappa shape index (κ1) is 13.4. The van der Waals surface area contributed by atoms with Gasteiger partial charge in [-0.25, -0.2) is 0 Å². The Hall–Kier alpha value is -1.00. The lowest BCUT2D eigenvalue weighted by Gasteiger charge is -2.23. The van der Waals surface area contributed by atoms with E-state index in [2.05, 4.69) is 5.32 Å². The second-order valence-corrected chi connectivity index (χ2v) is 5.11. The number of halogens is 1. The van der Waals surface area contributed by atoms with E-state index in [1.165, 1.54) is 12.8 Å². The Kier molecular flexibility index (Phi) is 3.97. The van der Waals surface area contributed by atoms with E-state index >= 15 is 0 Å². The number of nitrogens with zero attached hydrogens (tertiary/aromatic N) is 1. The van der Waals surface area contributed by atoms with Crippen molar-refractivity contribution in [3.63, 3.8) is 0 Å². The molecule has 0 spiro atoms. The summed E-state index contributed by atoms with van der Waals surface area (Å²) < 4.78 is 5.29. The van der Waals surface area contributed by atoms with E-state index in [1.54, 1.807) is 6.26 Å². The Morgan fingerprint density at radius 2 is 2.17 bits per heavy atom. The SMILES string of the molecule is Cc1ccoc1C(=O)N1CCC2CCC(C1)N2.Cl. The molecule has 2 fully saturated rings. The fraction of sp³-hybridized carbons (Fsp3) is 0.615. The minimum atomic E-state index is 0. The lowest BCUT2D eigenvalue weighted by molar-refractivity contribution is 0.0715. The predicted octanol–water partition coefficient (Wildman–Crippen LogP) is 1.98. The summed E-state index contributed by atoms with van der Waals surface area (Å²) in [5, 5.41) is 3.57. The smallest absolute Gasteiger partial charge is 0.289 e. The quantitative estimate of drug-likeness (QED) is 0.849. The molecule has 0 radical (unpaired) electrons. The monoisotopic (exact) mass is 270 g/mol. The number of nitrogens with one attached hydrogen (secondary N) is 1. The molecule has 4 nitrogen and oxygen atoms in total. The molecule has 3 heterocycles. The molecule has 1 amide bonds. The van der Waals surface area contributed by atoms with E-state index in [1.807, 2.05) is 17.9 Å². The van der Waals surface area contributed by atoms with E-state index in [9.17, 15) is 4.79 Å². The fourth-order valence-electron chi connectivity index (χ4n) is 2.86. The number of carbonyl (C=O) groups is 1. The van der Waals surface area contributed by atoms with E-state index in [4.69, 9.17) is 4.42 Å². The van der Waals surface area contributed by atoms with Gasteiger partial charge in [-0.05, 0) is 32.3 Å². The van der Waals surface area contributed by atoms with E-state index < -0.39 is 0 Å². The van der Waals surface area contributed by atoms with E-state index in [-0.39, 0.29) is 18.3 Å². The summed E-state index contributed by atoms with van der Waals surface area (Å²) in [6, 6.07) is 2.92. The maximum atomic E-state index is 12.3. The highest BCUT2D eigenvalue weighted by atomic mass is 35.5. The number of carbonyl (C=O) groups excluding carboxylic acids is 1. The normalized spacial score (nSPS) is 26.6. The molecule has 0 aliphatic carbocycles. The van der Waals surface area contributed by atoms with Crippen LogP contribution in [0.1, 0.15) is 35.4 Å². The first-order valence-electron chi connectivity index (χ1n) is 6.33. The summed E-state index contributed by atoms with van der Waals surface area (Å²) in [4.78, 5) is 14.2. The highest BCUT2D eigenvalue weighted by Crippen LogP contribution is 2.22. The number of hydrogen-bond acceptors (Lipinski definition) is 3. The van der Waals surface area contributed by atoms with Crippen LogP contribution >= 0.6 is 12.4 Å². The van der Waals surface area contributed by atoms with Gasteiger partial charge in [0.15, 0.2) is 5.76 Å². The number of likely N-dealkylation sites (tertiary alicyclic amines) is 1. The van der Waals surface area contributed by atoms with Crippen molar-refractivity contribution < 1.29 is 9.21 Å². The number of fused-ring (bicyclic) bond motifs is 2. The third-order valence-corrected chi connectivity index (χ3v) is 3.87. The van der Waals surface area contributed by atoms with Crippen LogP contribution in [0.3, 0.4) is 0 Å². The van der Waals surface area contributed by atoms with Crippen molar-refractivity contribution in [2.24, 2.45) is 0 Å². The molecule has 0 saturated carbocycles. The van der Waals surface area contributed by atoms with Crippen LogP contribution in [-0.2, 0) is 0 Å². The third-order valence-electron chi connectivity index (χ3n) is 3.87. The van der Waals surface area contributed by atoms with Crippen LogP contribution in [-0.4, -0.2) is 36.0 Å². The Morgan fingerprint density at radius 1 is 1.39 bits per heavy atom. The van der Waals surface area contributed by atoms with Gasteiger partial charge in [-0.2, -0.15) is 0 Å². The summed E-state index contributed by atoms with van der Waals surface area (Å²) in [6.07, 6.45) is 5.09. The van der Waals surface area contributed by atoms with Crippen LogP contribution in [0.2, 0.25) is 0 Å². The molecular formula is C13H19ClN2O2. The van der Waals surface area contributed by atoms with Gasteiger partial charge in [0.1, 0.15) is 0 Å². The average Bonchev–Trinajstić information content (AvgIpc) is 2.84. The summed E-state index contributed by atoms with van der Waals surface area (Å²) >= 11 is 0. The number of amides is 1. The van der Waals surface area contributed by atoms with Gasteiger partial charge in [0.25, 0.3) is 5.91 Å². The van der Waals surface area contributed by atoms with Crippen LogP contribution in [0.25, 0.3) is 0 Å². The van der Waals surface area contributed by atoms with Gasteiger partial charge < -0.3 is 14.6 Å². The lowest BCUT2D eigenvalue weighted by atomic mass is 10.1. The molecule has 1 aromatic rings. The molecule has 1 N–H and O–H groups in total. The molecule has 18 heavy (non-hydrogen) atoms. The molecule has 2 aliphatic rings. The van der Waals surface area contributed by atoms with Crippen LogP contribution < -0.4 is 5.32 Å². The minimum absolute atomic E-state index is 0. The Labute approximate surface area is 113 Å². The molecular weight excluding hydrogens is 252 g/mol. The Morgan fingerprint density at radius 3 is 2.89 bits per heavy atom. The predicted molar refractivity (Wildman–Crippen MR) is 71.2 cm³/mol. The summed E-state index contributed by atoms with van der Waals surface area (Å²) in [5.74, 6) is 0.546. The molecule has 1 aromatic heterocycles. The Balaban J connectivity index is 0.00000120. The second kappa shape index (κ2) is 5.33. The van der Waals surface area contributed by atoms with Crippen molar-refractivity contribution in [3.05, 3.63) is 23.7 Å². The molecule has 2 saturated heterocycles. The van der Waals surface area contributed by atoms with Gasteiger partial charge in [0.05, 0.1) is 6.26 Å². The number of aryl methyl sites for hydroxylation is 1. The van der Waals surface area contributed by atoms with Gasteiger partial charge in [-0.3, -0.25) is 4.79 Å². The molecule has 3 rings (SSSR count). The molecule has 2 bridgehead atoms. The molecule has 0 aromatic carbocycles. The van der Waals surface area contributed by atoms with Crippen LogP contribution in [0, 0.1) is 6.92 Å². The molecule has 2 atom stereocenters. The summed E-state index contributed by atoms with van der Waals surface area (Å²) in [5.41, 5.74) is 0.928. The maximum absolute atomic E-state index is 12.3. The average molecular weight is 271 g/mol. The molecule has 100 valence electrons. The molecule has 2 unspecified atom stereocenters. The van der Waals surface area contributed by atoms with Gasteiger partial charge in [-0.1, -0.05) is 0 Å². The first-order valence-corrected chi connectivity index (χ1v) is 6.33. The van der Waals surface area contributed by atoms with Crippen LogP contribution in [0.4, 0.5) is 0 Å². The van der Waals surface area contributed by atoms with E-state index in [0.29, 0.717) is 17.8 Å². The fourth-order valence-corrected chi connectivity index (χ4v) is 2.86. The largest absolute Gasteiger partial charge is 0.459 e. The number of hydrogen-bond donors (Lipinski definition) is 1. The van der Waals surface area contributed by atoms with Crippen molar-refractivity contribution in [3.8, 4) is 0 Å². The van der Waals surface area contributed by atoms with Gasteiger partial charge >= 0.3 is 0 Å². The van der Waals surface area contributed by atoms with Gasteiger partial charge in [0.2, 0.25) is 0 Å². The van der Waals surface area contributed by atoms with Crippen molar-refractivity contribution >= 4 is 18.3 Å². The zero-order valence-electron chi connectivity index (χ0n) is 10.5. The Bertz CT molecular complexity index is 432. The summed E-state index contributed by atoms with van der Waals surface area (Å²) in [6.45, 7) is 3.57. The van der Waals surface area contributed by atoms with Crippen molar-refractivity contribution in [1.29, 1.82) is 0 Å². The summed E-state index contributed by atoms with van der Waals surface area (Å²) in [7, 11) is 0. The van der Waals surface area contributed by atoms with Crippen molar-refractivity contribution in [1.82, 2.24) is 10.2 Å². The van der Waals surface area contributed by atoms with E-state index in [0.717, 1.165) is 25.1 Å².